The van der Waals surface area contributed by atoms with Crippen LogP contribution in [0.4, 0.5) is 0 Å². The van der Waals surface area contributed by atoms with Crippen LogP contribution in [0.15, 0.2) is 27.2 Å². The van der Waals surface area contributed by atoms with E-state index in [0.717, 1.165) is 17.3 Å². The van der Waals surface area contributed by atoms with Crippen molar-refractivity contribution in [3.63, 3.8) is 0 Å². The topological polar surface area (TPSA) is 48.3 Å². The average molecular weight is 289 g/mol. The monoisotopic (exact) mass is 288 g/mol. The molecular formula is C10H13BrN2OS. The van der Waals surface area contributed by atoms with Crippen LogP contribution in [-0.4, -0.2) is 21.5 Å². The van der Waals surface area contributed by atoms with Gasteiger partial charge in [-0.05, 0) is 34.5 Å². The second kappa shape index (κ2) is 6.98. The van der Waals surface area contributed by atoms with Gasteiger partial charge in [-0.15, -0.1) is 0 Å². The zero-order chi connectivity index (χ0) is 11.1. The van der Waals surface area contributed by atoms with Gasteiger partial charge in [-0.25, -0.2) is 0 Å². The number of unbranched alkanes of at least 4 members (excludes halogenated alkanes) is 1. The molecule has 0 radical (unpaired) electrons. The van der Waals surface area contributed by atoms with Crippen molar-refractivity contribution in [2.45, 2.75) is 19.8 Å². The Kier molecular flexibility index (Phi) is 5.90. The average Bonchev–Trinajstić information content (AvgIpc) is 2.25. The summed E-state index contributed by atoms with van der Waals surface area (Å²) in [6.45, 7) is 2.07. The predicted octanol–water partition coefficient (Wildman–Crippen LogP) is 2.73. The molecule has 1 atom stereocenters. The molecular weight excluding hydrogens is 276 g/mol. The van der Waals surface area contributed by atoms with E-state index < -0.39 is 11.4 Å². The van der Waals surface area contributed by atoms with Gasteiger partial charge in [0.25, 0.3) is 0 Å². The van der Waals surface area contributed by atoms with Gasteiger partial charge in [0.1, 0.15) is 12.0 Å². The molecule has 1 aromatic rings. The molecule has 1 unspecified atom stereocenters. The van der Waals surface area contributed by atoms with E-state index >= 15 is 0 Å². The van der Waals surface area contributed by atoms with Gasteiger partial charge in [-0.2, -0.15) is 0 Å². The molecule has 0 amide bonds. The summed E-state index contributed by atoms with van der Waals surface area (Å²) in [5.41, 5.74) is 0.711. The first-order chi connectivity index (χ1) is 7.24. The highest BCUT2D eigenvalue weighted by atomic mass is 79.9. The number of halogens is 1. The number of nitrogens with zero attached hydrogens (tertiary/aromatic N) is 2. The number of hydrogen-bond donors (Lipinski definition) is 0. The van der Waals surface area contributed by atoms with E-state index in [-0.39, 0.29) is 0 Å². The van der Waals surface area contributed by atoms with Crippen molar-refractivity contribution in [1.29, 1.82) is 0 Å². The minimum absolute atomic E-state index is 0.622. The standard InChI is InChI=1S/C10H13BrN2OS/c1-2-3-7-15(14)13-8-10-9(11)5-4-6-12-10/h4-6,8H,2-3,7H2,1H3. The fourth-order valence-electron chi connectivity index (χ4n) is 0.922. The first kappa shape index (κ1) is 12.7. The lowest BCUT2D eigenvalue weighted by molar-refractivity contribution is 0.594. The van der Waals surface area contributed by atoms with Crippen LogP contribution in [0.3, 0.4) is 0 Å². The van der Waals surface area contributed by atoms with Crippen molar-refractivity contribution in [1.82, 2.24) is 4.98 Å². The normalized spacial score (nSPS) is 13.3. The number of rotatable bonds is 5. The molecule has 0 saturated heterocycles. The third kappa shape index (κ3) is 4.77. The van der Waals surface area contributed by atoms with Crippen molar-refractivity contribution in [2.75, 3.05) is 5.75 Å². The Morgan fingerprint density at radius 2 is 2.47 bits per heavy atom. The maximum atomic E-state index is 11.4. The minimum atomic E-state index is -1.12. The Morgan fingerprint density at radius 1 is 1.67 bits per heavy atom. The molecule has 0 bridgehead atoms. The van der Waals surface area contributed by atoms with Gasteiger partial charge in [-0.3, -0.25) is 4.98 Å². The molecule has 82 valence electrons. The van der Waals surface area contributed by atoms with Gasteiger partial charge in [0, 0.05) is 10.7 Å². The minimum Gasteiger partial charge on any atom is -0.591 e. The molecule has 15 heavy (non-hydrogen) atoms. The highest BCUT2D eigenvalue weighted by molar-refractivity contribution is 9.10. The maximum Gasteiger partial charge on any atom is 0.133 e. The van der Waals surface area contributed by atoms with Crippen LogP contribution in [0.2, 0.25) is 0 Å². The summed E-state index contributed by atoms with van der Waals surface area (Å²) in [6.07, 6.45) is 5.21. The van der Waals surface area contributed by atoms with E-state index in [4.69, 9.17) is 0 Å². The summed E-state index contributed by atoms with van der Waals surface area (Å²) in [7, 11) is 0. The van der Waals surface area contributed by atoms with Crippen molar-refractivity contribution >= 4 is 33.5 Å². The third-order valence-electron chi connectivity index (χ3n) is 1.75. The van der Waals surface area contributed by atoms with Crippen molar-refractivity contribution < 1.29 is 4.55 Å². The van der Waals surface area contributed by atoms with Crippen LogP contribution < -0.4 is 0 Å². The first-order valence-corrected chi connectivity index (χ1v) is 6.84. The van der Waals surface area contributed by atoms with Crippen LogP contribution in [0.5, 0.6) is 0 Å². The Labute approximate surface area is 101 Å². The molecule has 0 aromatic carbocycles. The van der Waals surface area contributed by atoms with E-state index in [1.165, 1.54) is 0 Å². The zero-order valence-corrected chi connectivity index (χ0v) is 10.9. The SMILES string of the molecule is CCCC[S+]([O-])N=Cc1ncccc1Br. The van der Waals surface area contributed by atoms with Crippen molar-refractivity contribution in [3.8, 4) is 0 Å². The van der Waals surface area contributed by atoms with Gasteiger partial charge in [0.15, 0.2) is 0 Å². The van der Waals surface area contributed by atoms with Gasteiger partial charge in [0.2, 0.25) is 0 Å². The quantitative estimate of drug-likeness (QED) is 0.618. The molecule has 0 aliphatic heterocycles. The predicted molar refractivity (Wildman–Crippen MR) is 67.4 cm³/mol. The summed E-state index contributed by atoms with van der Waals surface area (Å²) in [6, 6.07) is 3.71. The maximum absolute atomic E-state index is 11.4. The molecule has 0 aliphatic rings. The van der Waals surface area contributed by atoms with Crippen LogP contribution in [0, 0.1) is 0 Å². The molecule has 1 rings (SSSR count). The summed E-state index contributed by atoms with van der Waals surface area (Å²) in [4.78, 5) is 4.10. The number of pyridine rings is 1. The molecule has 0 saturated carbocycles. The lowest BCUT2D eigenvalue weighted by Gasteiger charge is -2.01. The lowest BCUT2D eigenvalue weighted by atomic mass is 10.4. The second-order valence-corrected chi connectivity index (χ2v) is 5.10. The second-order valence-electron chi connectivity index (χ2n) is 2.98. The van der Waals surface area contributed by atoms with E-state index in [1.807, 2.05) is 12.1 Å². The third-order valence-corrected chi connectivity index (χ3v) is 3.40. The number of aromatic nitrogens is 1. The fourth-order valence-corrected chi connectivity index (χ4v) is 2.14. The molecule has 1 heterocycles. The molecule has 0 fully saturated rings. The molecule has 1 aromatic heterocycles. The first-order valence-electron chi connectivity index (χ1n) is 4.77. The van der Waals surface area contributed by atoms with Crippen molar-refractivity contribution in [2.24, 2.45) is 4.40 Å². The van der Waals surface area contributed by atoms with Crippen LogP contribution in [-0.2, 0) is 11.4 Å². The van der Waals surface area contributed by atoms with Gasteiger partial charge >= 0.3 is 0 Å². The molecule has 0 spiro atoms. The molecule has 0 aliphatic carbocycles. The fraction of sp³-hybridized carbons (Fsp3) is 0.400. The van der Waals surface area contributed by atoms with Crippen molar-refractivity contribution in [3.05, 3.63) is 28.5 Å². The summed E-state index contributed by atoms with van der Waals surface area (Å²) >= 11 is 2.23. The van der Waals surface area contributed by atoms with E-state index in [0.29, 0.717) is 11.4 Å². The van der Waals surface area contributed by atoms with Crippen LogP contribution in [0.25, 0.3) is 0 Å². The van der Waals surface area contributed by atoms with Gasteiger partial charge < -0.3 is 4.55 Å². The highest BCUT2D eigenvalue weighted by Gasteiger charge is 2.03. The smallest absolute Gasteiger partial charge is 0.133 e. The van der Waals surface area contributed by atoms with Crippen LogP contribution in [0.1, 0.15) is 25.5 Å². The van der Waals surface area contributed by atoms with Gasteiger partial charge in [-0.1, -0.05) is 17.7 Å². The lowest BCUT2D eigenvalue weighted by Crippen LogP contribution is -2.03. The van der Waals surface area contributed by atoms with E-state index in [1.54, 1.807) is 12.4 Å². The Hall–Kier alpha value is -0.390. The zero-order valence-electron chi connectivity index (χ0n) is 8.52. The molecule has 0 N–H and O–H groups in total. The van der Waals surface area contributed by atoms with Gasteiger partial charge in [0.05, 0.1) is 17.1 Å². The van der Waals surface area contributed by atoms with E-state index in [2.05, 4.69) is 32.2 Å². The Bertz CT molecular complexity index is 333. The largest absolute Gasteiger partial charge is 0.591 e. The Morgan fingerprint density at radius 3 is 3.13 bits per heavy atom. The Balaban J connectivity index is 2.53. The summed E-state index contributed by atoms with van der Waals surface area (Å²) < 4.78 is 16.2. The highest BCUT2D eigenvalue weighted by Crippen LogP contribution is 2.11. The number of hydrogen-bond acceptors (Lipinski definition) is 3. The van der Waals surface area contributed by atoms with Crippen LogP contribution >= 0.6 is 15.9 Å². The van der Waals surface area contributed by atoms with E-state index in [9.17, 15) is 4.55 Å². The summed E-state index contributed by atoms with van der Waals surface area (Å²) in [5, 5.41) is 0. The summed E-state index contributed by atoms with van der Waals surface area (Å²) in [5.74, 6) is 0.622. The molecule has 5 heteroatoms. The molecule has 3 nitrogen and oxygen atoms in total.